The molecule has 2 rings (SSSR count). The number of amides is 2. The summed E-state index contributed by atoms with van der Waals surface area (Å²) in [5, 5.41) is 0.664. The molecule has 0 spiro atoms. The zero-order valence-electron chi connectivity index (χ0n) is 11.8. The minimum atomic E-state index is -0.589. The van der Waals surface area contributed by atoms with Crippen molar-refractivity contribution in [1.82, 2.24) is 9.80 Å². The van der Waals surface area contributed by atoms with Crippen molar-refractivity contribution in [2.24, 2.45) is 0 Å². The van der Waals surface area contributed by atoms with Gasteiger partial charge < -0.3 is 9.80 Å². The fourth-order valence-electron chi connectivity index (χ4n) is 2.42. The van der Waals surface area contributed by atoms with Crippen LogP contribution in [0.15, 0.2) is 24.3 Å². The second-order valence-corrected chi connectivity index (χ2v) is 6.00. The summed E-state index contributed by atoms with van der Waals surface area (Å²) in [4.78, 5) is 26.9. The number of piperazine rings is 1. The first-order valence-corrected chi connectivity index (χ1v) is 7.07. The second kappa shape index (κ2) is 5.83. The molecular formula is C15H19ClN2O2. The number of hydrogen-bond acceptors (Lipinski definition) is 2. The van der Waals surface area contributed by atoms with Crippen LogP contribution in [-0.2, 0) is 15.0 Å². The van der Waals surface area contributed by atoms with Gasteiger partial charge in [-0.25, -0.2) is 0 Å². The fraction of sp³-hybridized carbons (Fsp3) is 0.467. The first-order chi connectivity index (χ1) is 9.45. The average Bonchev–Trinajstić information content (AvgIpc) is 2.47. The molecule has 5 heteroatoms. The number of hydrogen-bond donors (Lipinski definition) is 0. The molecule has 1 aromatic rings. The van der Waals surface area contributed by atoms with Crippen LogP contribution in [0.1, 0.15) is 19.4 Å². The summed E-state index contributed by atoms with van der Waals surface area (Å²) in [5.74, 6) is 0.0883. The number of benzene rings is 1. The normalized spacial score (nSPS) is 16.1. The molecule has 0 bridgehead atoms. The van der Waals surface area contributed by atoms with E-state index in [0.29, 0.717) is 31.2 Å². The minimum absolute atomic E-state index is 0.0883. The summed E-state index contributed by atoms with van der Waals surface area (Å²) in [6.07, 6.45) is 0.839. The number of rotatable bonds is 3. The van der Waals surface area contributed by atoms with Crippen molar-refractivity contribution >= 4 is 23.9 Å². The molecule has 20 heavy (non-hydrogen) atoms. The molecule has 0 radical (unpaired) electrons. The van der Waals surface area contributed by atoms with E-state index >= 15 is 0 Å². The van der Waals surface area contributed by atoms with Crippen molar-refractivity contribution in [3.05, 3.63) is 34.9 Å². The predicted molar refractivity (Wildman–Crippen MR) is 78.7 cm³/mol. The first kappa shape index (κ1) is 14.9. The van der Waals surface area contributed by atoms with Crippen molar-refractivity contribution in [3.63, 3.8) is 0 Å². The smallest absolute Gasteiger partial charge is 0.232 e. The van der Waals surface area contributed by atoms with Gasteiger partial charge in [0.05, 0.1) is 5.41 Å². The molecule has 1 aromatic carbocycles. The quantitative estimate of drug-likeness (QED) is 0.799. The van der Waals surface area contributed by atoms with Crippen LogP contribution in [0.5, 0.6) is 0 Å². The Kier molecular flexibility index (Phi) is 4.33. The van der Waals surface area contributed by atoms with Crippen LogP contribution in [0.25, 0.3) is 0 Å². The highest BCUT2D eigenvalue weighted by atomic mass is 35.5. The minimum Gasteiger partial charge on any atom is -0.342 e. The summed E-state index contributed by atoms with van der Waals surface area (Å²) < 4.78 is 0. The molecule has 0 atom stereocenters. The van der Waals surface area contributed by atoms with E-state index in [1.165, 1.54) is 0 Å². The van der Waals surface area contributed by atoms with Crippen molar-refractivity contribution in [3.8, 4) is 0 Å². The van der Waals surface area contributed by atoms with Crippen molar-refractivity contribution < 1.29 is 9.59 Å². The van der Waals surface area contributed by atoms with E-state index in [2.05, 4.69) is 0 Å². The number of carbonyl (C=O) groups is 2. The standard InChI is InChI=1S/C15H19ClN2O2/c1-15(2,12-3-5-13(16)6-4-12)14(20)18-9-7-17(11-19)8-10-18/h3-6,11H,7-10H2,1-2H3. The van der Waals surface area contributed by atoms with Gasteiger partial charge in [-0.3, -0.25) is 9.59 Å². The Balaban J connectivity index is 2.11. The third-order valence-corrected chi connectivity index (χ3v) is 4.10. The van der Waals surface area contributed by atoms with E-state index in [9.17, 15) is 9.59 Å². The van der Waals surface area contributed by atoms with Crippen LogP contribution in [0, 0.1) is 0 Å². The molecule has 108 valence electrons. The SMILES string of the molecule is CC(C)(C(=O)N1CCN(C=O)CC1)c1ccc(Cl)cc1. The Bertz CT molecular complexity index is 491. The third-order valence-electron chi connectivity index (χ3n) is 3.85. The zero-order chi connectivity index (χ0) is 14.8. The summed E-state index contributed by atoms with van der Waals surface area (Å²) in [6.45, 7) is 6.23. The van der Waals surface area contributed by atoms with Gasteiger partial charge in [-0.05, 0) is 31.5 Å². The van der Waals surface area contributed by atoms with Gasteiger partial charge in [-0.15, -0.1) is 0 Å². The molecule has 0 aliphatic carbocycles. The Morgan fingerprint density at radius 3 is 2.20 bits per heavy atom. The van der Waals surface area contributed by atoms with E-state index in [4.69, 9.17) is 11.6 Å². The van der Waals surface area contributed by atoms with Crippen molar-refractivity contribution in [1.29, 1.82) is 0 Å². The Morgan fingerprint density at radius 2 is 1.70 bits per heavy atom. The lowest BCUT2D eigenvalue weighted by Crippen LogP contribution is -2.52. The lowest BCUT2D eigenvalue weighted by molar-refractivity contribution is -0.139. The van der Waals surface area contributed by atoms with E-state index in [1.807, 2.05) is 30.9 Å². The van der Waals surface area contributed by atoms with E-state index in [1.54, 1.807) is 17.0 Å². The molecule has 0 unspecified atom stereocenters. The number of nitrogens with zero attached hydrogens (tertiary/aromatic N) is 2. The second-order valence-electron chi connectivity index (χ2n) is 5.57. The summed E-state index contributed by atoms with van der Waals surface area (Å²) in [5.41, 5.74) is 0.359. The molecule has 1 aliphatic rings. The molecule has 4 nitrogen and oxygen atoms in total. The van der Waals surface area contributed by atoms with Crippen LogP contribution in [-0.4, -0.2) is 48.3 Å². The topological polar surface area (TPSA) is 40.6 Å². The van der Waals surface area contributed by atoms with Gasteiger partial charge in [0.25, 0.3) is 0 Å². The number of halogens is 1. The van der Waals surface area contributed by atoms with Crippen LogP contribution >= 0.6 is 11.6 Å². The fourth-order valence-corrected chi connectivity index (χ4v) is 2.54. The van der Waals surface area contributed by atoms with Gasteiger partial charge in [0, 0.05) is 31.2 Å². The molecule has 0 saturated carbocycles. The molecule has 1 saturated heterocycles. The maximum atomic E-state index is 12.7. The molecule has 1 fully saturated rings. The highest BCUT2D eigenvalue weighted by Crippen LogP contribution is 2.27. The van der Waals surface area contributed by atoms with Crippen molar-refractivity contribution in [2.75, 3.05) is 26.2 Å². The summed E-state index contributed by atoms with van der Waals surface area (Å²) in [7, 11) is 0. The molecule has 2 amide bonds. The predicted octanol–water partition coefficient (Wildman–Crippen LogP) is 1.92. The summed E-state index contributed by atoms with van der Waals surface area (Å²) in [6, 6.07) is 7.39. The largest absolute Gasteiger partial charge is 0.342 e. The van der Waals surface area contributed by atoms with Gasteiger partial charge in [0.1, 0.15) is 0 Å². The van der Waals surface area contributed by atoms with Crippen molar-refractivity contribution in [2.45, 2.75) is 19.3 Å². The lowest BCUT2D eigenvalue weighted by atomic mass is 9.83. The molecule has 0 N–H and O–H groups in total. The van der Waals surface area contributed by atoms with Crippen LogP contribution in [0.4, 0.5) is 0 Å². The highest BCUT2D eigenvalue weighted by Gasteiger charge is 2.34. The first-order valence-electron chi connectivity index (χ1n) is 6.70. The number of carbonyl (C=O) groups excluding carboxylic acids is 2. The van der Waals surface area contributed by atoms with Crippen LogP contribution in [0.2, 0.25) is 5.02 Å². The lowest BCUT2D eigenvalue weighted by Gasteiger charge is -2.37. The molecule has 1 aliphatic heterocycles. The monoisotopic (exact) mass is 294 g/mol. The average molecular weight is 295 g/mol. The summed E-state index contributed by atoms with van der Waals surface area (Å²) >= 11 is 5.89. The van der Waals surface area contributed by atoms with Crippen LogP contribution < -0.4 is 0 Å². The van der Waals surface area contributed by atoms with Gasteiger partial charge in [0.2, 0.25) is 12.3 Å². The Labute approximate surface area is 124 Å². The van der Waals surface area contributed by atoms with E-state index in [0.717, 1.165) is 12.0 Å². The maximum Gasteiger partial charge on any atom is 0.232 e. The third kappa shape index (κ3) is 2.96. The Hall–Kier alpha value is -1.55. The van der Waals surface area contributed by atoms with Gasteiger partial charge >= 0.3 is 0 Å². The molecule has 0 aromatic heterocycles. The molecular weight excluding hydrogens is 276 g/mol. The van der Waals surface area contributed by atoms with Crippen LogP contribution in [0.3, 0.4) is 0 Å². The maximum absolute atomic E-state index is 12.7. The van der Waals surface area contributed by atoms with Gasteiger partial charge in [0.15, 0.2) is 0 Å². The van der Waals surface area contributed by atoms with Gasteiger partial charge in [-0.2, -0.15) is 0 Å². The Morgan fingerprint density at radius 1 is 1.15 bits per heavy atom. The van der Waals surface area contributed by atoms with E-state index < -0.39 is 5.41 Å². The molecule has 1 heterocycles. The highest BCUT2D eigenvalue weighted by molar-refractivity contribution is 6.30. The zero-order valence-corrected chi connectivity index (χ0v) is 12.6. The van der Waals surface area contributed by atoms with Gasteiger partial charge in [-0.1, -0.05) is 23.7 Å². The van der Waals surface area contributed by atoms with E-state index in [-0.39, 0.29) is 5.91 Å².